The van der Waals surface area contributed by atoms with Crippen LogP contribution < -0.4 is 5.32 Å². The number of nitrogens with one attached hydrogen (secondary N) is 1. The summed E-state index contributed by atoms with van der Waals surface area (Å²) in [6.45, 7) is 2.02. The number of rotatable bonds is 4. The Balaban J connectivity index is 1.54. The maximum atomic E-state index is 11.8. The molecule has 0 saturated heterocycles. The molecule has 4 rings (SSSR count). The van der Waals surface area contributed by atoms with E-state index in [1.807, 2.05) is 37.0 Å². The summed E-state index contributed by atoms with van der Waals surface area (Å²) in [5.41, 5.74) is 3.21. The molecule has 2 aromatic rings. The van der Waals surface area contributed by atoms with Crippen molar-refractivity contribution in [2.45, 2.75) is 35.7 Å². The van der Waals surface area contributed by atoms with Crippen molar-refractivity contribution in [3.63, 3.8) is 0 Å². The van der Waals surface area contributed by atoms with E-state index in [0.717, 1.165) is 27.7 Å². The lowest BCUT2D eigenvalue weighted by Gasteiger charge is -2.16. The normalized spacial score (nSPS) is 26.1. The van der Waals surface area contributed by atoms with E-state index >= 15 is 0 Å². The summed E-state index contributed by atoms with van der Waals surface area (Å²) in [5, 5.41) is 4.68. The summed E-state index contributed by atoms with van der Waals surface area (Å²) in [4.78, 5) is 21.1. The lowest BCUT2D eigenvalue weighted by atomic mass is 10.1. The number of dihydropyridines is 1. The van der Waals surface area contributed by atoms with E-state index in [-0.39, 0.29) is 23.2 Å². The fourth-order valence-electron chi connectivity index (χ4n) is 3.47. The molecule has 7 heteroatoms. The first kappa shape index (κ1) is 19.3. The number of nitrogens with zero attached hydrogens (tertiary/aromatic N) is 3. The molecule has 2 aliphatic rings. The zero-order valence-corrected chi connectivity index (χ0v) is 17.7. The van der Waals surface area contributed by atoms with E-state index in [0.29, 0.717) is 5.92 Å². The van der Waals surface area contributed by atoms with E-state index < -0.39 is 0 Å². The molecule has 0 bridgehead atoms. The Hall–Kier alpha value is -2.05. The smallest absolute Gasteiger partial charge is 0.223 e. The predicted octanol–water partition coefficient (Wildman–Crippen LogP) is 3.99. The monoisotopic (exact) mass is 414 g/mol. The molecule has 1 amide bonds. The number of thioether (sulfide) groups is 1. The molecule has 1 aromatic carbocycles. The molecule has 1 aliphatic carbocycles. The fourth-order valence-corrected chi connectivity index (χ4v) is 4.62. The minimum atomic E-state index is -0.0519. The van der Waals surface area contributed by atoms with E-state index in [1.54, 1.807) is 18.8 Å². The SMILES string of the molecule is CNC(=O)C1CC1c1ccc(-c2ncn(C)c2SC2=NC(C)C(Cl)C=C2)cc1. The highest BCUT2D eigenvalue weighted by molar-refractivity contribution is 8.14. The first-order valence-electron chi connectivity index (χ1n) is 9.39. The molecular formula is C21H23ClN4OS. The molecule has 4 unspecified atom stereocenters. The lowest BCUT2D eigenvalue weighted by Crippen LogP contribution is -2.20. The van der Waals surface area contributed by atoms with Crippen molar-refractivity contribution in [2.75, 3.05) is 7.05 Å². The molecule has 1 aliphatic heterocycles. The molecular weight excluding hydrogens is 392 g/mol. The summed E-state index contributed by atoms with van der Waals surface area (Å²) in [5.74, 6) is 0.575. The van der Waals surface area contributed by atoms with Gasteiger partial charge in [0, 0.05) is 25.6 Å². The number of hydrogen-bond acceptors (Lipinski definition) is 4. The van der Waals surface area contributed by atoms with Crippen LogP contribution >= 0.6 is 23.4 Å². The summed E-state index contributed by atoms with van der Waals surface area (Å²) in [6.07, 6.45) is 6.73. The topological polar surface area (TPSA) is 59.3 Å². The van der Waals surface area contributed by atoms with Gasteiger partial charge in [-0.25, -0.2) is 4.98 Å². The van der Waals surface area contributed by atoms with Gasteiger partial charge in [-0.15, -0.1) is 11.6 Å². The molecule has 4 atom stereocenters. The Morgan fingerprint density at radius 2 is 2.07 bits per heavy atom. The highest BCUT2D eigenvalue weighted by atomic mass is 35.5. The van der Waals surface area contributed by atoms with Gasteiger partial charge in [0.15, 0.2) is 0 Å². The van der Waals surface area contributed by atoms with Crippen molar-refractivity contribution in [3.8, 4) is 11.3 Å². The van der Waals surface area contributed by atoms with Crippen LogP contribution in [0, 0.1) is 5.92 Å². The molecule has 1 saturated carbocycles. The zero-order valence-electron chi connectivity index (χ0n) is 16.1. The number of imidazole rings is 1. The first-order chi connectivity index (χ1) is 13.5. The van der Waals surface area contributed by atoms with Crippen LogP contribution in [0.1, 0.15) is 24.8 Å². The van der Waals surface area contributed by atoms with E-state index in [9.17, 15) is 4.79 Å². The van der Waals surface area contributed by atoms with Crippen molar-refractivity contribution in [3.05, 3.63) is 48.3 Å². The number of carbonyl (C=O) groups is 1. The second kappa shape index (κ2) is 7.76. The van der Waals surface area contributed by atoms with Crippen LogP contribution in [-0.2, 0) is 11.8 Å². The summed E-state index contributed by atoms with van der Waals surface area (Å²) in [6, 6.07) is 8.49. The van der Waals surface area contributed by atoms with Crippen molar-refractivity contribution in [2.24, 2.45) is 18.0 Å². The third-order valence-electron chi connectivity index (χ3n) is 5.28. The standard InChI is InChI=1S/C21H23ClN4OS/c1-12-17(22)8-9-18(25-12)28-21-19(24-11-26(21)3)14-6-4-13(5-7-14)15-10-16(15)20(27)23-2/h4-9,11-12,15-17H,10H2,1-3H3,(H,23,27). The average molecular weight is 415 g/mol. The fraction of sp³-hybridized carbons (Fsp3) is 0.381. The second-order valence-corrected chi connectivity index (χ2v) is 8.82. The number of aliphatic imine (C=N–C) groups is 1. The molecule has 0 spiro atoms. The molecule has 5 nitrogen and oxygen atoms in total. The van der Waals surface area contributed by atoms with Gasteiger partial charge in [-0.3, -0.25) is 9.79 Å². The van der Waals surface area contributed by atoms with Crippen molar-refractivity contribution in [1.29, 1.82) is 0 Å². The van der Waals surface area contributed by atoms with Gasteiger partial charge >= 0.3 is 0 Å². The molecule has 28 heavy (non-hydrogen) atoms. The van der Waals surface area contributed by atoms with Gasteiger partial charge < -0.3 is 9.88 Å². The number of halogens is 1. The van der Waals surface area contributed by atoms with Gasteiger partial charge in [0.25, 0.3) is 0 Å². The van der Waals surface area contributed by atoms with Crippen molar-refractivity contribution in [1.82, 2.24) is 14.9 Å². The number of benzene rings is 1. The highest BCUT2D eigenvalue weighted by Gasteiger charge is 2.43. The second-order valence-electron chi connectivity index (χ2n) is 7.31. The summed E-state index contributed by atoms with van der Waals surface area (Å²) < 4.78 is 2.02. The van der Waals surface area contributed by atoms with Crippen LogP contribution in [0.2, 0.25) is 0 Å². The van der Waals surface area contributed by atoms with Gasteiger partial charge in [0.05, 0.1) is 22.8 Å². The minimum absolute atomic E-state index is 0.0519. The van der Waals surface area contributed by atoms with E-state index in [2.05, 4.69) is 39.6 Å². The molecule has 2 heterocycles. The molecule has 1 aromatic heterocycles. The number of hydrogen-bond donors (Lipinski definition) is 1. The molecule has 1 fully saturated rings. The zero-order chi connectivity index (χ0) is 19.8. The number of aryl methyl sites for hydroxylation is 1. The van der Waals surface area contributed by atoms with Gasteiger partial charge in [-0.05, 0) is 30.9 Å². The van der Waals surface area contributed by atoms with Crippen molar-refractivity contribution >= 4 is 34.3 Å². The van der Waals surface area contributed by atoms with Crippen molar-refractivity contribution < 1.29 is 4.79 Å². The molecule has 0 radical (unpaired) electrons. The average Bonchev–Trinajstić information content (AvgIpc) is 3.43. The maximum absolute atomic E-state index is 11.8. The Morgan fingerprint density at radius 3 is 2.75 bits per heavy atom. The highest BCUT2D eigenvalue weighted by Crippen LogP contribution is 2.47. The van der Waals surface area contributed by atoms with Gasteiger partial charge in [0.2, 0.25) is 5.91 Å². The quantitative estimate of drug-likeness (QED) is 0.769. The van der Waals surface area contributed by atoms with Crippen LogP contribution in [0.4, 0.5) is 0 Å². The number of amides is 1. The number of alkyl halides is 1. The Bertz CT molecular complexity index is 950. The number of carbonyl (C=O) groups excluding carboxylic acids is 1. The Kier molecular flexibility index (Phi) is 5.34. The van der Waals surface area contributed by atoms with Crippen LogP contribution in [0.15, 0.2) is 52.8 Å². The van der Waals surface area contributed by atoms with E-state index in [1.165, 1.54) is 5.56 Å². The lowest BCUT2D eigenvalue weighted by molar-refractivity contribution is -0.121. The third kappa shape index (κ3) is 3.76. The third-order valence-corrected chi connectivity index (χ3v) is 6.92. The largest absolute Gasteiger partial charge is 0.359 e. The van der Waals surface area contributed by atoms with E-state index in [4.69, 9.17) is 11.6 Å². The van der Waals surface area contributed by atoms with Crippen LogP contribution in [0.3, 0.4) is 0 Å². The van der Waals surface area contributed by atoms with Gasteiger partial charge in [-0.1, -0.05) is 42.1 Å². The number of aromatic nitrogens is 2. The predicted molar refractivity (Wildman–Crippen MR) is 115 cm³/mol. The summed E-state index contributed by atoms with van der Waals surface area (Å²) in [7, 11) is 3.69. The first-order valence-corrected chi connectivity index (χ1v) is 10.6. The summed E-state index contributed by atoms with van der Waals surface area (Å²) >= 11 is 7.82. The maximum Gasteiger partial charge on any atom is 0.223 e. The minimum Gasteiger partial charge on any atom is -0.359 e. The van der Waals surface area contributed by atoms with Gasteiger partial charge in [-0.2, -0.15) is 0 Å². The Labute approximate surface area is 174 Å². The van der Waals surface area contributed by atoms with Gasteiger partial charge in [0.1, 0.15) is 10.7 Å². The molecule has 1 N–H and O–H groups in total. The van der Waals surface area contributed by atoms with Crippen LogP contribution in [0.5, 0.6) is 0 Å². The Morgan fingerprint density at radius 1 is 1.32 bits per heavy atom. The molecule has 146 valence electrons. The van der Waals surface area contributed by atoms with Crippen LogP contribution in [0.25, 0.3) is 11.3 Å². The van der Waals surface area contributed by atoms with Crippen LogP contribution in [-0.4, -0.2) is 39.0 Å².